The zero-order valence-electron chi connectivity index (χ0n) is 18.4. The lowest BCUT2D eigenvalue weighted by Gasteiger charge is -2.38. The number of rotatable bonds is 4. The van der Waals surface area contributed by atoms with Crippen molar-refractivity contribution in [1.29, 1.82) is 5.26 Å². The number of pyridine rings is 2. The number of fused-ring (bicyclic) bond motifs is 1. The van der Waals surface area contributed by atoms with Crippen LogP contribution in [0.1, 0.15) is 24.1 Å². The lowest BCUT2D eigenvalue weighted by molar-refractivity contribution is -0.138. The lowest BCUT2D eigenvalue weighted by atomic mass is 9.95. The minimum Gasteiger partial charge on any atom is -0.357 e. The molecule has 33 heavy (non-hydrogen) atoms. The van der Waals surface area contributed by atoms with Gasteiger partial charge in [0.1, 0.15) is 17.5 Å². The summed E-state index contributed by atoms with van der Waals surface area (Å²) in [6.07, 6.45) is 7.17. The summed E-state index contributed by atoms with van der Waals surface area (Å²) in [5, 5.41) is 9.62. The molecule has 5 heterocycles. The first-order valence-electron chi connectivity index (χ1n) is 11.3. The van der Waals surface area contributed by atoms with Crippen molar-refractivity contribution in [1.82, 2.24) is 24.2 Å². The van der Waals surface area contributed by atoms with Crippen molar-refractivity contribution in [2.24, 2.45) is 5.92 Å². The number of piperazine rings is 1. The number of piperidine rings is 1. The van der Waals surface area contributed by atoms with E-state index in [0.29, 0.717) is 10.6 Å². The average molecular weight is 464 g/mol. The van der Waals surface area contributed by atoms with Crippen LogP contribution in [0.3, 0.4) is 0 Å². The second-order valence-corrected chi connectivity index (χ2v) is 9.16. The van der Waals surface area contributed by atoms with E-state index < -0.39 is 0 Å². The van der Waals surface area contributed by atoms with Crippen LogP contribution in [0, 0.1) is 17.2 Å². The van der Waals surface area contributed by atoms with E-state index in [4.69, 9.17) is 16.9 Å². The minimum atomic E-state index is 0.0781. The number of hydrogen-bond donors (Lipinski definition) is 0. The van der Waals surface area contributed by atoms with Crippen LogP contribution in [-0.4, -0.2) is 69.3 Å². The van der Waals surface area contributed by atoms with E-state index in [2.05, 4.69) is 25.8 Å². The van der Waals surface area contributed by atoms with Crippen LogP contribution in [0.5, 0.6) is 0 Å². The Labute approximate surface area is 198 Å². The highest BCUT2D eigenvalue weighted by Gasteiger charge is 2.31. The summed E-state index contributed by atoms with van der Waals surface area (Å²) in [5.41, 5.74) is 2.47. The summed E-state index contributed by atoms with van der Waals surface area (Å²) in [6.45, 7) is 5.63. The number of amides is 1. The smallest absolute Gasteiger partial charge is 0.225 e. The molecule has 170 valence electrons. The fraction of sp³-hybridized carbons (Fsp3) is 0.417. The van der Waals surface area contributed by atoms with Gasteiger partial charge >= 0.3 is 0 Å². The normalized spacial score (nSPS) is 17.9. The van der Waals surface area contributed by atoms with Gasteiger partial charge in [-0.15, -0.1) is 0 Å². The first-order valence-corrected chi connectivity index (χ1v) is 11.7. The van der Waals surface area contributed by atoms with Crippen LogP contribution in [0.15, 0.2) is 42.9 Å². The molecule has 2 aliphatic heterocycles. The van der Waals surface area contributed by atoms with Gasteiger partial charge in [0, 0.05) is 70.3 Å². The molecule has 0 bridgehead atoms. The van der Waals surface area contributed by atoms with Crippen molar-refractivity contribution in [3.05, 3.63) is 59.1 Å². The highest BCUT2D eigenvalue weighted by molar-refractivity contribution is 6.30. The fourth-order valence-electron chi connectivity index (χ4n) is 4.70. The van der Waals surface area contributed by atoms with Gasteiger partial charge in [-0.25, -0.2) is 9.97 Å². The molecule has 8 nitrogen and oxygen atoms in total. The van der Waals surface area contributed by atoms with Gasteiger partial charge in [0.2, 0.25) is 5.91 Å². The molecule has 1 amide bonds. The molecule has 2 aliphatic rings. The SMILES string of the molecule is N#Cc1ccc(N2CCC(C(=O)N3CCN(Cc4cn5cc(Cl)ccc5n4)CC3)CC2)nc1. The molecule has 3 aromatic rings. The Kier molecular flexibility index (Phi) is 6.16. The zero-order chi connectivity index (χ0) is 22.8. The van der Waals surface area contributed by atoms with Crippen molar-refractivity contribution in [2.45, 2.75) is 19.4 Å². The Morgan fingerprint density at radius 1 is 1.06 bits per heavy atom. The predicted octanol–water partition coefficient (Wildman–Crippen LogP) is 2.82. The summed E-state index contributed by atoms with van der Waals surface area (Å²) in [5.74, 6) is 1.24. The molecule has 2 fully saturated rings. The highest BCUT2D eigenvalue weighted by atomic mass is 35.5. The first-order chi connectivity index (χ1) is 16.1. The van der Waals surface area contributed by atoms with Crippen LogP contribution in [0.4, 0.5) is 5.82 Å². The third-order valence-electron chi connectivity index (χ3n) is 6.58. The molecule has 0 spiro atoms. The molecule has 0 saturated carbocycles. The zero-order valence-corrected chi connectivity index (χ0v) is 19.2. The summed E-state index contributed by atoms with van der Waals surface area (Å²) in [7, 11) is 0. The number of halogens is 1. The fourth-order valence-corrected chi connectivity index (χ4v) is 4.87. The molecular formula is C24H26ClN7O. The second kappa shape index (κ2) is 9.38. The molecule has 0 N–H and O–H groups in total. The Bertz CT molecular complexity index is 1170. The Morgan fingerprint density at radius 3 is 2.55 bits per heavy atom. The summed E-state index contributed by atoms with van der Waals surface area (Å²) < 4.78 is 1.96. The molecule has 2 saturated heterocycles. The van der Waals surface area contributed by atoms with Crippen LogP contribution >= 0.6 is 11.6 Å². The van der Waals surface area contributed by atoms with E-state index in [-0.39, 0.29) is 11.8 Å². The molecule has 5 rings (SSSR count). The van der Waals surface area contributed by atoms with E-state index in [1.54, 1.807) is 12.3 Å². The van der Waals surface area contributed by atoms with Gasteiger partial charge in [-0.1, -0.05) is 11.6 Å². The number of hydrogen-bond acceptors (Lipinski definition) is 6. The first kappa shape index (κ1) is 21.7. The van der Waals surface area contributed by atoms with Gasteiger partial charge in [0.25, 0.3) is 0 Å². The number of aromatic nitrogens is 3. The van der Waals surface area contributed by atoms with Crippen LogP contribution in [0.25, 0.3) is 5.65 Å². The van der Waals surface area contributed by atoms with E-state index >= 15 is 0 Å². The van der Waals surface area contributed by atoms with Gasteiger partial charge in [-0.05, 0) is 37.1 Å². The Morgan fingerprint density at radius 2 is 1.85 bits per heavy atom. The van der Waals surface area contributed by atoms with Gasteiger partial charge < -0.3 is 14.2 Å². The Hall–Kier alpha value is -3.15. The molecule has 0 unspecified atom stereocenters. The Balaban J connectivity index is 1.10. The predicted molar refractivity (Wildman–Crippen MR) is 126 cm³/mol. The van der Waals surface area contributed by atoms with E-state index in [1.165, 1.54) is 0 Å². The summed E-state index contributed by atoms with van der Waals surface area (Å²) in [6, 6.07) is 9.55. The van der Waals surface area contributed by atoms with Gasteiger partial charge in [-0.3, -0.25) is 9.69 Å². The van der Waals surface area contributed by atoms with E-state index in [1.807, 2.05) is 39.9 Å². The van der Waals surface area contributed by atoms with E-state index in [9.17, 15) is 4.79 Å². The van der Waals surface area contributed by atoms with Gasteiger partial charge in [0.15, 0.2) is 0 Å². The standard InChI is InChI=1S/C24H26ClN7O/c25-20-2-4-23-28-21(17-32(23)15-20)16-29-9-11-31(12-10-29)24(33)19-5-7-30(8-6-19)22-3-1-18(13-26)14-27-22/h1-4,14-15,17,19H,5-12,16H2. The molecule has 0 atom stereocenters. The number of carbonyl (C=O) groups is 1. The van der Waals surface area contributed by atoms with Crippen LogP contribution < -0.4 is 4.90 Å². The molecule has 0 aliphatic carbocycles. The number of carbonyl (C=O) groups excluding carboxylic acids is 1. The number of nitriles is 1. The van der Waals surface area contributed by atoms with Crippen molar-refractivity contribution in [3.63, 3.8) is 0 Å². The summed E-state index contributed by atoms with van der Waals surface area (Å²) >= 11 is 6.07. The summed E-state index contributed by atoms with van der Waals surface area (Å²) in [4.78, 5) is 28.7. The number of anilines is 1. The van der Waals surface area contributed by atoms with Crippen LogP contribution in [-0.2, 0) is 11.3 Å². The van der Waals surface area contributed by atoms with Gasteiger partial charge in [-0.2, -0.15) is 5.26 Å². The monoisotopic (exact) mass is 463 g/mol. The lowest BCUT2D eigenvalue weighted by Crippen LogP contribution is -2.51. The molecule has 0 radical (unpaired) electrons. The average Bonchev–Trinajstić information content (AvgIpc) is 3.25. The number of nitrogens with zero attached hydrogens (tertiary/aromatic N) is 7. The van der Waals surface area contributed by atoms with Crippen molar-refractivity contribution in [2.75, 3.05) is 44.2 Å². The molecule has 3 aromatic heterocycles. The van der Waals surface area contributed by atoms with Gasteiger partial charge in [0.05, 0.1) is 16.3 Å². The van der Waals surface area contributed by atoms with Crippen molar-refractivity contribution < 1.29 is 4.79 Å². The molecule has 0 aromatic carbocycles. The maximum absolute atomic E-state index is 13.1. The van der Waals surface area contributed by atoms with Crippen molar-refractivity contribution in [3.8, 4) is 6.07 Å². The van der Waals surface area contributed by atoms with Crippen molar-refractivity contribution >= 4 is 29.0 Å². The molecular weight excluding hydrogens is 438 g/mol. The highest BCUT2D eigenvalue weighted by Crippen LogP contribution is 2.24. The second-order valence-electron chi connectivity index (χ2n) is 8.72. The third kappa shape index (κ3) is 4.80. The minimum absolute atomic E-state index is 0.0781. The molecule has 9 heteroatoms. The third-order valence-corrected chi connectivity index (χ3v) is 6.80. The quantitative estimate of drug-likeness (QED) is 0.592. The van der Waals surface area contributed by atoms with E-state index in [0.717, 1.165) is 75.8 Å². The topological polar surface area (TPSA) is 80.8 Å². The maximum atomic E-state index is 13.1. The maximum Gasteiger partial charge on any atom is 0.225 e. The van der Waals surface area contributed by atoms with Crippen LogP contribution in [0.2, 0.25) is 5.02 Å². The largest absolute Gasteiger partial charge is 0.357 e. The number of imidazole rings is 1.